The van der Waals surface area contributed by atoms with Crippen LogP contribution in [0, 0.1) is 0 Å². The van der Waals surface area contributed by atoms with Gasteiger partial charge < -0.3 is 20.1 Å². The van der Waals surface area contributed by atoms with Crippen molar-refractivity contribution in [3.8, 4) is 0 Å². The Bertz CT molecular complexity index is 1740. The van der Waals surface area contributed by atoms with Crippen molar-refractivity contribution in [3.63, 3.8) is 0 Å². The molecule has 0 aliphatic rings. The van der Waals surface area contributed by atoms with E-state index in [0.29, 0.717) is 12.8 Å². The molecule has 0 fully saturated rings. The molecular formula is C71H122NO8P. The van der Waals surface area contributed by atoms with Crippen molar-refractivity contribution in [2.24, 2.45) is 5.73 Å². The van der Waals surface area contributed by atoms with E-state index in [1.807, 2.05) is 0 Å². The van der Waals surface area contributed by atoms with Crippen LogP contribution >= 0.6 is 7.82 Å². The second-order valence-corrected chi connectivity index (χ2v) is 23.0. The van der Waals surface area contributed by atoms with Crippen molar-refractivity contribution in [2.45, 2.75) is 290 Å². The van der Waals surface area contributed by atoms with Crippen molar-refractivity contribution in [1.82, 2.24) is 0 Å². The number of phosphoric acid groups is 1. The molecule has 464 valence electrons. The zero-order valence-electron chi connectivity index (χ0n) is 52.0. The molecule has 0 bridgehead atoms. The first kappa shape index (κ1) is 77.4. The lowest BCUT2D eigenvalue weighted by atomic mass is 10.0. The summed E-state index contributed by atoms with van der Waals surface area (Å²) in [5.41, 5.74) is 5.39. The monoisotopic (exact) mass is 1150 g/mol. The van der Waals surface area contributed by atoms with E-state index < -0.39 is 32.5 Å². The van der Waals surface area contributed by atoms with Crippen LogP contribution < -0.4 is 5.73 Å². The van der Waals surface area contributed by atoms with Crippen LogP contribution in [-0.2, 0) is 32.7 Å². The Kier molecular flexibility index (Phi) is 62.7. The molecule has 0 aromatic rings. The van der Waals surface area contributed by atoms with E-state index in [4.69, 9.17) is 24.3 Å². The summed E-state index contributed by atoms with van der Waals surface area (Å²) in [5, 5.41) is 0. The van der Waals surface area contributed by atoms with E-state index >= 15 is 0 Å². The van der Waals surface area contributed by atoms with Crippen molar-refractivity contribution in [2.75, 3.05) is 26.4 Å². The maximum atomic E-state index is 12.7. The molecule has 81 heavy (non-hydrogen) atoms. The zero-order chi connectivity index (χ0) is 58.7. The standard InChI is InChI=1S/C71H122NO8P/c1-3-5-7-9-11-13-15-17-19-21-23-24-25-26-27-28-29-30-31-32-33-34-35-36-37-38-39-40-41-42-43-44-46-48-50-52-54-56-58-60-62-64-71(74)80-69(68-79-81(75,76)78-66-65-72)67-77-70(73)63-61-59-57-55-53-51-49-47-45-22-20-18-16-14-12-10-8-6-4-2/h5-8,11-14,17-20,23-24,26-27,45,47,51,53,69H,3-4,9-10,15-16,21-22,25,28-44,46,48-50,52,54-68,72H2,1-2H3,(H,75,76)/b7-5-,8-6-,13-11-,14-12-,19-17-,20-18-,24-23-,27-26-,47-45-,53-51-. The predicted molar refractivity (Wildman–Crippen MR) is 348 cm³/mol. The molecule has 0 rings (SSSR count). The van der Waals surface area contributed by atoms with Gasteiger partial charge in [0.15, 0.2) is 6.10 Å². The van der Waals surface area contributed by atoms with Gasteiger partial charge in [-0.2, -0.15) is 0 Å². The third-order valence-electron chi connectivity index (χ3n) is 13.8. The molecule has 0 aromatic carbocycles. The van der Waals surface area contributed by atoms with E-state index in [0.717, 1.165) is 103 Å². The molecule has 3 N–H and O–H groups in total. The molecule has 0 saturated carbocycles. The molecule has 0 aromatic heterocycles. The maximum absolute atomic E-state index is 12.7. The Morgan fingerprint density at radius 3 is 0.963 bits per heavy atom. The summed E-state index contributed by atoms with van der Waals surface area (Å²) >= 11 is 0. The first-order valence-electron chi connectivity index (χ1n) is 33.0. The summed E-state index contributed by atoms with van der Waals surface area (Å²) in [7, 11) is -4.40. The van der Waals surface area contributed by atoms with E-state index in [1.54, 1.807) is 0 Å². The Balaban J connectivity index is 3.83. The number of carbonyl (C=O) groups excluding carboxylic acids is 2. The van der Waals surface area contributed by atoms with Crippen LogP contribution in [0.25, 0.3) is 0 Å². The van der Waals surface area contributed by atoms with Gasteiger partial charge in [-0.25, -0.2) is 4.57 Å². The van der Waals surface area contributed by atoms with Crippen molar-refractivity contribution < 1.29 is 37.6 Å². The Morgan fingerprint density at radius 2 is 0.642 bits per heavy atom. The van der Waals surface area contributed by atoms with Gasteiger partial charge in [0.25, 0.3) is 0 Å². The van der Waals surface area contributed by atoms with Crippen LogP contribution in [0.5, 0.6) is 0 Å². The van der Waals surface area contributed by atoms with Crippen LogP contribution in [0.1, 0.15) is 284 Å². The second-order valence-electron chi connectivity index (χ2n) is 21.6. The number of carbonyl (C=O) groups is 2. The summed E-state index contributed by atoms with van der Waals surface area (Å²) in [4.78, 5) is 35.2. The highest BCUT2D eigenvalue weighted by molar-refractivity contribution is 7.47. The molecule has 2 unspecified atom stereocenters. The number of ether oxygens (including phenoxy) is 2. The third-order valence-corrected chi connectivity index (χ3v) is 14.8. The first-order valence-corrected chi connectivity index (χ1v) is 34.5. The van der Waals surface area contributed by atoms with Crippen LogP contribution in [0.15, 0.2) is 122 Å². The van der Waals surface area contributed by atoms with Crippen LogP contribution in [0.4, 0.5) is 0 Å². The smallest absolute Gasteiger partial charge is 0.462 e. The number of hydrogen-bond donors (Lipinski definition) is 2. The average Bonchev–Trinajstić information content (AvgIpc) is 3.46. The highest BCUT2D eigenvalue weighted by Gasteiger charge is 2.26. The highest BCUT2D eigenvalue weighted by Crippen LogP contribution is 2.43. The summed E-state index contributed by atoms with van der Waals surface area (Å²) in [6, 6.07) is 0. The van der Waals surface area contributed by atoms with E-state index in [9.17, 15) is 19.0 Å². The number of hydrogen-bond acceptors (Lipinski definition) is 8. The van der Waals surface area contributed by atoms with Crippen LogP contribution in [-0.4, -0.2) is 49.3 Å². The Labute approximate surface area is 498 Å². The molecule has 0 radical (unpaired) electrons. The van der Waals surface area contributed by atoms with Gasteiger partial charge in [0.05, 0.1) is 13.2 Å². The number of nitrogens with two attached hydrogens (primary N) is 1. The van der Waals surface area contributed by atoms with Gasteiger partial charge in [-0.05, 0) is 103 Å². The molecule has 2 atom stereocenters. The van der Waals surface area contributed by atoms with Gasteiger partial charge >= 0.3 is 19.8 Å². The summed E-state index contributed by atoms with van der Waals surface area (Å²) in [6.45, 7) is 3.49. The van der Waals surface area contributed by atoms with E-state index in [-0.39, 0.29) is 32.6 Å². The Morgan fingerprint density at radius 1 is 0.370 bits per heavy atom. The second kappa shape index (κ2) is 65.6. The van der Waals surface area contributed by atoms with Crippen molar-refractivity contribution >= 4 is 19.8 Å². The summed E-state index contributed by atoms with van der Waals surface area (Å²) in [6.07, 6.45) is 91.6. The lowest BCUT2D eigenvalue weighted by molar-refractivity contribution is -0.161. The zero-order valence-corrected chi connectivity index (χ0v) is 52.9. The summed E-state index contributed by atoms with van der Waals surface area (Å²) < 4.78 is 33.0. The lowest BCUT2D eigenvalue weighted by Crippen LogP contribution is -2.29. The lowest BCUT2D eigenvalue weighted by Gasteiger charge is -2.19. The number of unbranched alkanes of at least 4 members (excludes halogenated alkanes) is 28. The maximum Gasteiger partial charge on any atom is 0.472 e. The van der Waals surface area contributed by atoms with Gasteiger partial charge in [0.1, 0.15) is 6.61 Å². The fourth-order valence-electron chi connectivity index (χ4n) is 9.04. The normalized spacial score (nSPS) is 13.8. The molecule has 0 heterocycles. The van der Waals surface area contributed by atoms with Gasteiger partial charge in [0.2, 0.25) is 0 Å². The largest absolute Gasteiger partial charge is 0.472 e. The minimum atomic E-state index is -4.40. The molecular weight excluding hydrogens is 1030 g/mol. The van der Waals surface area contributed by atoms with Gasteiger partial charge in [0, 0.05) is 19.4 Å². The molecule has 0 saturated heterocycles. The Hall–Kier alpha value is -3.59. The fourth-order valence-corrected chi connectivity index (χ4v) is 9.81. The molecule has 0 aliphatic carbocycles. The summed E-state index contributed by atoms with van der Waals surface area (Å²) in [5.74, 6) is -0.862. The molecule has 0 spiro atoms. The average molecular weight is 1150 g/mol. The molecule has 9 nitrogen and oxygen atoms in total. The molecule has 0 amide bonds. The molecule has 0 aliphatic heterocycles. The number of phosphoric ester groups is 1. The SMILES string of the molecule is CC/C=C\C/C=C\C/C=C\C/C=C\C/C=C\CCCCCCCCCCCCCCCCCCCCCCCCCCCC(=O)OC(COC(=O)CCCCC/C=C\C/C=C\C/C=C\C/C=C\C/C=C\CC)COP(=O)(O)OCCN. The van der Waals surface area contributed by atoms with Gasteiger partial charge in [-0.3, -0.25) is 18.6 Å². The number of rotatable bonds is 61. The topological polar surface area (TPSA) is 134 Å². The van der Waals surface area contributed by atoms with E-state index in [1.165, 1.54) is 141 Å². The number of esters is 2. The van der Waals surface area contributed by atoms with E-state index in [2.05, 4.69) is 135 Å². The fraction of sp³-hybridized carbons (Fsp3) is 0.690. The van der Waals surface area contributed by atoms with Gasteiger partial charge in [-0.1, -0.05) is 289 Å². The highest BCUT2D eigenvalue weighted by atomic mass is 31.2. The minimum absolute atomic E-state index is 0.0450. The predicted octanol–water partition coefficient (Wildman–Crippen LogP) is 21.5. The van der Waals surface area contributed by atoms with Crippen LogP contribution in [0.2, 0.25) is 0 Å². The minimum Gasteiger partial charge on any atom is -0.462 e. The van der Waals surface area contributed by atoms with Gasteiger partial charge in [-0.15, -0.1) is 0 Å². The van der Waals surface area contributed by atoms with Crippen molar-refractivity contribution in [1.29, 1.82) is 0 Å². The van der Waals surface area contributed by atoms with Crippen LogP contribution in [0.3, 0.4) is 0 Å². The third kappa shape index (κ3) is 65.4. The molecule has 10 heteroatoms. The first-order chi connectivity index (χ1) is 39.8. The number of allylic oxidation sites excluding steroid dienone is 20. The quantitative estimate of drug-likeness (QED) is 0.0264. The van der Waals surface area contributed by atoms with Crippen molar-refractivity contribution in [3.05, 3.63) is 122 Å².